The maximum Gasteiger partial charge on any atom is 0.233 e. The smallest absolute Gasteiger partial charge is 0.233 e. The van der Waals surface area contributed by atoms with Gasteiger partial charge in [0.2, 0.25) is 5.91 Å². The van der Waals surface area contributed by atoms with Gasteiger partial charge in [0, 0.05) is 24.8 Å². The number of aromatic nitrogens is 1. The van der Waals surface area contributed by atoms with Crippen molar-refractivity contribution in [3.8, 4) is 0 Å². The molecule has 5 heteroatoms. The third-order valence-corrected chi connectivity index (χ3v) is 2.92. The van der Waals surface area contributed by atoms with Gasteiger partial charge in [-0.25, -0.2) is 0 Å². The van der Waals surface area contributed by atoms with E-state index in [1.165, 1.54) is 10.9 Å². The van der Waals surface area contributed by atoms with Crippen LogP contribution in [-0.2, 0) is 11.3 Å². The predicted molar refractivity (Wildman–Crippen MR) is 80.7 cm³/mol. The summed E-state index contributed by atoms with van der Waals surface area (Å²) in [6, 6.07) is 10.4. The van der Waals surface area contributed by atoms with E-state index < -0.39 is 0 Å². The Labute approximate surface area is 119 Å². The highest BCUT2D eigenvalue weighted by Crippen LogP contribution is 2.14. The van der Waals surface area contributed by atoms with Gasteiger partial charge in [0.05, 0.1) is 6.54 Å². The lowest BCUT2D eigenvalue weighted by Gasteiger charge is -2.07. The zero-order chi connectivity index (χ0) is 12.8. The second kappa shape index (κ2) is 7.81. The van der Waals surface area contributed by atoms with Crippen molar-refractivity contribution in [2.24, 2.45) is 0 Å². The number of amides is 1. The topological polar surface area (TPSA) is 46.1 Å². The van der Waals surface area contributed by atoms with Gasteiger partial charge >= 0.3 is 0 Å². The number of hydrogen-bond donors (Lipinski definition) is 2. The largest absolute Gasteiger partial charge is 0.355 e. The monoisotopic (exact) mass is 281 g/mol. The highest BCUT2D eigenvalue weighted by molar-refractivity contribution is 5.85. The fourth-order valence-corrected chi connectivity index (χ4v) is 2.04. The van der Waals surface area contributed by atoms with Crippen molar-refractivity contribution in [3.05, 3.63) is 36.5 Å². The van der Waals surface area contributed by atoms with Gasteiger partial charge in [-0.2, -0.15) is 0 Å². The van der Waals surface area contributed by atoms with E-state index in [9.17, 15) is 4.79 Å². The van der Waals surface area contributed by atoms with Gasteiger partial charge in [-0.1, -0.05) is 18.2 Å². The van der Waals surface area contributed by atoms with Crippen LogP contribution in [-0.4, -0.2) is 30.6 Å². The number of benzene rings is 1. The molecule has 0 aliphatic heterocycles. The first-order valence-electron chi connectivity index (χ1n) is 6.26. The molecule has 0 spiro atoms. The lowest BCUT2D eigenvalue weighted by molar-refractivity contribution is -0.120. The van der Waals surface area contributed by atoms with Crippen LogP contribution in [0.25, 0.3) is 10.9 Å². The Morgan fingerprint density at radius 1 is 1.26 bits per heavy atom. The van der Waals surface area contributed by atoms with Crippen molar-refractivity contribution in [1.82, 2.24) is 15.2 Å². The molecule has 2 aromatic rings. The van der Waals surface area contributed by atoms with Gasteiger partial charge in [0.15, 0.2) is 0 Å². The normalized spacial score (nSPS) is 10.2. The molecule has 0 aliphatic carbocycles. The fraction of sp³-hybridized carbons (Fsp3) is 0.357. The third-order valence-electron chi connectivity index (χ3n) is 2.92. The molecule has 0 radical (unpaired) electrons. The number of nitrogens with one attached hydrogen (secondary N) is 2. The van der Waals surface area contributed by atoms with Crippen LogP contribution in [0, 0.1) is 0 Å². The molecule has 1 heterocycles. The number of carbonyl (C=O) groups is 1. The maximum atomic E-state index is 11.2. The molecule has 1 amide bonds. The Balaban J connectivity index is 0.00000180. The van der Waals surface area contributed by atoms with Crippen LogP contribution in [0.15, 0.2) is 36.5 Å². The molecule has 0 atom stereocenters. The van der Waals surface area contributed by atoms with Crippen molar-refractivity contribution < 1.29 is 4.79 Å². The SMILES string of the molecule is CNCC(=O)NCCCn1ccc2ccccc21.Cl. The van der Waals surface area contributed by atoms with E-state index in [4.69, 9.17) is 0 Å². The molecule has 104 valence electrons. The minimum Gasteiger partial charge on any atom is -0.355 e. The van der Waals surface area contributed by atoms with E-state index in [0.29, 0.717) is 13.1 Å². The molecule has 1 aromatic carbocycles. The van der Waals surface area contributed by atoms with Gasteiger partial charge in [-0.05, 0) is 31.0 Å². The summed E-state index contributed by atoms with van der Waals surface area (Å²) in [5.74, 6) is 0.0508. The zero-order valence-corrected chi connectivity index (χ0v) is 11.9. The summed E-state index contributed by atoms with van der Waals surface area (Å²) in [7, 11) is 1.77. The Kier molecular flexibility index (Phi) is 6.39. The van der Waals surface area contributed by atoms with Crippen LogP contribution in [0.2, 0.25) is 0 Å². The van der Waals surface area contributed by atoms with Gasteiger partial charge < -0.3 is 15.2 Å². The van der Waals surface area contributed by atoms with E-state index in [1.54, 1.807) is 7.05 Å². The molecule has 0 aliphatic rings. The lowest BCUT2D eigenvalue weighted by Crippen LogP contribution is -2.33. The number of nitrogens with zero attached hydrogens (tertiary/aromatic N) is 1. The molecule has 0 fully saturated rings. The van der Waals surface area contributed by atoms with Crippen LogP contribution in [0.1, 0.15) is 6.42 Å². The molecule has 19 heavy (non-hydrogen) atoms. The Bertz CT molecular complexity index is 524. The van der Waals surface area contributed by atoms with E-state index in [1.807, 2.05) is 12.1 Å². The van der Waals surface area contributed by atoms with Gasteiger partial charge in [0.25, 0.3) is 0 Å². The van der Waals surface area contributed by atoms with Crippen LogP contribution in [0.5, 0.6) is 0 Å². The molecule has 0 saturated carbocycles. The van der Waals surface area contributed by atoms with Crippen molar-refractivity contribution in [2.45, 2.75) is 13.0 Å². The quantitative estimate of drug-likeness (QED) is 0.793. The lowest BCUT2D eigenvalue weighted by atomic mass is 10.2. The second-order valence-electron chi connectivity index (χ2n) is 4.30. The van der Waals surface area contributed by atoms with Crippen LogP contribution in [0.4, 0.5) is 0 Å². The van der Waals surface area contributed by atoms with E-state index in [2.05, 4.69) is 39.6 Å². The maximum absolute atomic E-state index is 11.2. The van der Waals surface area contributed by atoms with E-state index in [-0.39, 0.29) is 18.3 Å². The van der Waals surface area contributed by atoms with E-state index >= 15 is 0 Å². The van der Waals surface area contributed by atoms with Crippen molar-refractivity contribution in [1.29, 1.82) is 0 Å². The number of likely N-dealkylation sites (N-methyl/N-ethyl adjacent to an activating group) is 1. The Hall–Kier alpha value is -1.52. The molecule has 2 N–H and O–H groups in total. The average Bonchev–Trinajstić information content (AvgIpc) is 2.78. The number of fused-ring (bicyclic) bond motifs is 1. The van der Waals surface area contributed by atoms with E-state index in [0.717, 1.165) is 13.0 Å². The summed E-state index contributed by atoms with van der Waals surface area (Å²) < 4.78 is 2.22. The summed E-state index contributed by atoms with van der Waals surface area (Å²) in [6.07, 6.45) is 3.04. The number of hydrogen-bond acceptors (Lipinski definition) is 2. The Morgan fingerprint density at radius 3 is 2.84 bits per heavy atom. The first-order chi connectivity index (χ1) is 8.81. The highest BCUT2D eigenvalue weighted by Gasteiger charge is 2.00. The number of halogens is 1. The van der Waals surface area contributed by atoms with Crippen molar-refractivity contribution in [2.75, 3.05) is 20.1 Å². The van der Waals surface area contributed by atoms with Crippen LogP contribution in [0.3, 0.4) is 0 Å². The minimum absolute atomic E-state index is 0. The molecule has 2 rings (SSSR count). The fourth-order valence-electron chi connectivity index (χ4n) is 2.04. The minimum atomic E-state index is 0. The van der Waals surface area contributed by atoms with Crippen molar-refractivity contribution >= 4 is 29.2 Å². The number of carbonyl (C=O) groups excluding carboxylic acids is 1. The summed E-state index contributed by atoms with van der Waals surface area (Å²) in [6.45, 7) is 2.02. The highest BCUT2D eigenvalue weighted by atomic mass is 35.5. The summed E-state index contributed by atoms with van der Waals surface area (Å²) in [5, 5.41) is 6.97. The molecule has 0 bridgehead atoms. The Morgan fingerprint density at radius 2 is 2.05 bits per heavy atom. The summed E-state index contributed by atoms with van der Waals surface area (Å²) in [5.41, 5.74) is 1.25. The van der Waals surface area contributed by atoms with Crippen LogP contribution < -0.4 is 10.6 Å². The first kappa shape index (κ1) is 15.5. The molecular weight excluding hydrogens is 262 g/mol. The van der Waals surface area contributed by atoms with Crippen molar-refractivity contribution in [3.63, 3.8) is 0 Å². The van der Waals surface area contributed by atoms with Gasteiger partial charge in [0.1, 0.15) is 0 Å². The molecular formula is C14H20ClN3O. The summed E-state index contributed by atoms with van der Waals surface area (Å²) >= 11 is 0. The third kappa shape index (κ3) is 4.26. The first-order valence-corrected chi connectivity index (χ1v) is 6.26. The standard InChI is InChI=1S/C14H19N3O.ClH/c1-15-11-14(18)16-8-4-9-17-10-7-12-5-2-3-6-13(12)17;/h2-3,5-7,10,15H,4,8-9,11H2,1H3,(H,16,18);1H. The average molecular weight is 282 g/mol. The zero-order valence-electron chi connectivity index (χ0n) is 11.1. The molecule has 1 aromatic heterocycles. The molecule has 0 saturated heterocycles. The second-order valence-corrected chi connectivity index (χ2v) is 4.30. The molecule has 4 nitrogen and oxygen atoms in total. The number of aryl methyl sites for hydroxylation is 1. The summed E-state index contributed by atoms with van der Waals surface area (Å²) in [4.78, 5) is 11.2. The van der Waals surface area contributed by atoms with Gasteiger partial charge in [-0.15, -0.1) is 12.4 Å². The van der Waals surface area contributed by atoms with Crippen LogP contribution >= 0.6 is 12.4 Å². The molecule has 0 unspecified atom stereocenters. The predicted octanol–water partition coefficient (Wildman–Crippen LogP) is 1.79. The number of rotatable bonds is 6. The number of para-hydroxylation sites is 1. The van der Waals surface area contributed by atoms with Gasteiger partial charge in [-0.3, -0.25) is 4.79 Å².